The highest BCUT2D eigenvalue weighted by Gasteiger charge is 2.14. The Morgan fingerprint density at radius 1 is 1.11 bits per heavy atom. The molecule has 2 aromatic rings. The predicted molar refractivity (Wildman–Crippen MR) is 102 cm³/mol. The molecule has 0 aliphatic carbocycles. The first-order valence-electron chi connectivity index (χ1n) is 9.25. The Kier molecular flexibility index (Phi) is 6.05. The summed E-state index contributed by atoms with van der Waals surface area (Å²) in [7, 11) is 3.34. The third-order valence-electron chi connectivity index (χ3n) is 4.68. The number of hydrogen-bond acceptors (Lipinski definition) is 5. The van der Waals surface area contributed by atoms with Crippen LogP contribution in [0.25, 0.3) is 0 Å². The Bertz CT molecular complexity index is 778. The van der Waals surface area contributed by atoms with Gasteiger partial charge in [0.1, 0.15) is 6.54 Å². The van der Waals surface area contributed by atoms with Crippen LogP contribution >= 0.6 is 0 Å². The molecular formula is C19H26N6O2. The number of aromatic nitrogens is 3. The number of piperidine rings is 1. The quantitative estimate of drug-likeness (QED) is 0.828. The smallest absolute Gasteiger partial charge is 0.273 e. The topological polar surface area (TPSA) is 83.4 Å². The Morgan fingerprint density at radius 3 is 2.48 bits per heavy atom. The van der Waals surface area contributed by atoms with Crippen LogP contribution in [0, 0.1) is 0 Å². The maximum absolute atomic E-state index is 12.2. The fraction of sp³-hybridized carbons (Fsp3) is 0.474. The number of rotatable bonds is 6. The summed E-state index contributed by atoms with van der Waals surface area (Å²) in [5.74, 6) is -0.417. The van der Waals surface area contributed by atoms with E-state index in [9.17, 15) is 9.59 Å². The summed E-state index contributed by atoms with van der Waals surface area (Å²) in [5.41, 5.74) is 2.46. The molecule has 1 aromatic heterocycles. The molecule has 0 atom stereocenters. The summed E-state index contributed by atoms with van der Waals surface area (Å²) in [6.07, 6.45) is 5.29. The molecule has 0 radical (unpaired) electrons. The van der Waals surface area contributed by atoms with E-state index in [2.05, 4.69) is 32.7 Å². The average Bonchev–Trinajstić information content (AvgIpc) is 3.15. The van der Waals surface area contributed by atoms with Gasteiger partial charge < -0.3 is 15.1 Å². The highest BCUT2D eigenvalue weighted by Crippen LogP contribution is 2.20. The van der Waals surface area contributed by atoms with Crippen LogP contribution in [-0.2, 0) is 17.9 Å². The van der Waals surface area contributed by atoms with Crippen LogP contribution < -0.4 is 10.2 Å². The van der Waals surface area contributed by atoms with Crippen LogP contribution in [0.15, 0.2) is 30.5 Å². The van der Waals surface area contributed by atoms with Gasteiger partial charge in [-0.2, -0.15) is 0 Å². The Balaban J connectivity index is 1.51. The molecule has 3 rings (SSSR count). The van der Waals surface area contributed by atoms with Gasteiger partial charge in [0, 0.05) is 39.4 Å². The van der Waals surface area contributed by atoms with E-state index in [1.807, 2.05) is 12.1 Å². The van der Waals surface area contributed by atoms with Gasteiger partial charge in [0.2, 0.25) is 5.91 Å². The summed E-state index contributed by atoms with van der Waals surface area (Å²) >= 11 is 0. The van der Waals surface area contributed by atoms with Gasteiger partial charge in [0.05, 0.1) is 6.20 Å². The zero-order valence-corrected chi connectivity index (χ0v) is 15.9. The van der Waals surface area contributed by atoms with Crippen molar-refractivity contribution in [3.8, 4) is 0 Å². The van der Waals surface area contributed by atoms with E-state index in [4.69, 9.17) is 0 Å². The minimum absolute atomic E-state index is 0.0608. The lowest BCUT2D eigenvalue weighted by atomic mass is 10.1. The number of nitrogens with zero attached hydrogens (tertiary/aromatic N) is 5. The Hall–Kier alpha value is -2.90. The highest BCUT2D eigenvalue weighted by atomic mass is 16.2. The maximum Gasteiger partial charge on any atom is 0.273 e. The largest absolute Gasteiger partial charge is 0.372 e. The van der Waals surface area contributed by atoms with Gasteiger partial charge in [-0.1, -0.05) is 17.3 Å². The van der Waals surface area contributed by atoms with Gasteiger partial charge in [0.15, 0.2) is 5.69 Å². The number of nitrogens with one attached hydrogen (secondary N) is 1. The molecule has 1 aromatic carbocycles. The van der Waals surface area contributed by atoms with E-state index in [0.717, 1.165) is 18.7 Å². The molecule has 27 heavy (non-hydrogen) atoms. The SMILES string of the molecule is CN(C)C(=O)Cn1cc(C(=O)NCc2ccc(N3CCCCC3)cc2)nn1. The lowest BCUT2D eigenvalue weighted by Gasteiger charge is -2.28. The van der Waals surface area contributed by atoms with Crippen molar-refractivity contribution in [1.82, 2.24) is 25.2 Å². The molecule has 2 heterocycles. The van der Waals surface area contributed by atoms with Crippen LogP contribution in [0.4, 0.5) is 5.69 Å². The summed E-state index contributed by atoms with van der Waals surface area (Å²) < 4.78 is 1.37. The highest BCUT2D eigenvalue weighted by molar-refractivity contribution is 5.91. The number of anilines is 1. The van der Waals surface area contributed by atoms with Crippen molar-refractivity contribution in [2.24, 2.45) is 0 Å². The first-order valence-corrected chi connectivity index (χ1v) is 9.25. The molecule has 0 spiro atoms. The van der Waals surface area contributed by atoms with Crippen molar-refractivity contribution < 1.29 is 9.59 Å². The van der Waals surface area contributed by atoms with Gasteiger partial charge in [-0.15, -0.1) is 5.10 Å². The summed E-state index contributed by atoms with van der Waals surface area (Å²) in [6.45, 7) is 2.71. The fourth-order valence-corrected chi connectivity index (χ4v) is 3.01. The molecule has 8 nitrogen and oxygen atoms in total. The lowest BCUT2D eigenvalue weighted by Crippen LogP contribution is -2.29. The molecular weight excluding hydrogens is 344 g/mol. The fourth-order valence-electron chi connectivity index (χ4n) is 3.01. The summed E-state index contributed by atoms with van der Waals surface area (Å²) in [4.78, 5) is 27.8. The molecule has 1 aliphatic heterocycles. The third kappa shape index (κ3) is 5.06. The van der Waals surface area contributed by atoms with E-state index >= 15 is 0 Å². The van der Waals surface area contributed by atoms with Gasteiger partial charge in [-0.25, -0.2) is 4.68 Å². The van der Waals surface area contributed by atoms with Crippen molar-refractivity contribution >= 4 is 17.5 Å². The normalized spacial score (nSPS) is 14.1. The van der Waals surface area contributed by atoms with Crippen LogP contribution in [0.1, 0.15) is 35.3 Å². The van der Waals surface area contributed by atoms with E-state index in [1.54, 1.807) is 14.1 Å². The van der Waals surface area contributed by atoms with Gasteiger partial charge in [-0.3, -0.25) is 9.59 Å². The average molecular weight is 370 g/mol. The second-order valence-electron chi connectivity index (χ2n) is 6.99. The van der Waals surface area contributed by atoms with Crippen molar-refractivity contribution in [3.63, 3.8) is 0 Å². The number of likely N-dealkylation sites (N-methyl/N-ethyl adjacent to an activating group) is 1. The molecule has 1 aliphatic rings. The molecule has 0 unspecified atom stereocenters. The van der Waals surface area contributed by atoms with Crippen molar-refractivity contribution in [3.05, 3.63) is 41.7 Å². The second-order valence-corrected chi connectivity index (χ2v) is 6.99. The van der Waals surface area contributed by atoms with E-state index in [-0.39, 0.29) is 24.1 Å². The molecule has 144 valence electrons. The minimum Gasteiger partial charge on any atom is -0.372 e. The zero-order chi connectivity index (χ0) is 19.2. The standard InChI is InChI=1S/C19H26N6O2/c1-23(2)18(26)14-25-13-17(21-22-25)19(27)20-12-15-6-8-16(9-7-15)24-10-4-3-5-11-24/h6-9,13H,3-5,10-12,14H2,1-2H3,(H,20,27). The summed E-state index contributed by atoms with van der Waals surface area (Å²) in [5, 5.41) is 10.5. The van der Waals surface area contributed by atoms with Gasteiger partial charge >= 0.3 is 0 Å². The molecule has 0 saturated carbocycles. The molecule has 2 amide bonds. The van der Waals surface area contributed by atoms with Crippen LogP contribution in [0.5, 0.6) is 0 Å². The predicted octanol–water partition coefficient (Wildman–Crippen LogP) is 1.29. The Morgan fingerprint density at radius 2 is 1.81 bits per heavy atom. The molecule has 1 N–H and O–H groups in total. The second kappa shape index (κ2) is 8.66. The molecule has 1 saturated heterocycles. The monoisotopic (exact) mass is 370 g/mol. The number of carbonyl (C=O) groups is 2. The van der Waals surface area contributed by atoms with Crippen LogP contribution in [-0.4, -0.2) is 58.9 Å². The van der Waals surface area contributed by atoms with Gasteiger partial charge in [-0.05, 0) is 37.0 Å². The number of carbonyl (C=O) groups excluding carboxylic acids is 2. The third-order valence-corrected chi connectivity index (χ3v) is 4.68. The lowest BCUT2D eigenvalue weighted by molar-refractivity contribution is -0.129. The number of amides is 2. The van der Waals surface area contributed by atoms with Crippen LogP contribution in [0.3, 0.4) is 0 Å². The van der Waals surface area contributed by atoms with Gasteiger partial charge in [0.25, 0.3) is 5.91 Å². The Labute approximate surface area is 159 Å². The maximum atomic E-state index is 12.2. The van der Waals surface area contributed by atoms with Crippen LogP contribution in [0.2, 0.25) is 0 Å². The summed E-state index contributed by atoms with van der Waals surface area (Å²) in [6, 6.07) is 8.29. The number of hydrogen-bond donors (Lipinski definition) is 1. The minimum atomic E-state index is -0.307. The molecule has 8 heteroatoms. The number of benzene rings is 1. The van der Waals surface area contributed by atoms with E-state index in [0.29, 0.717) is 6.54 Å². The first-order chi connectivity index (χ1) is 13.0. The van der Waals surface area contributed by atoms with Crippen molar-refractivity contribution in [2.75, 3.05) is 32.1 Å². The van der Waals surface area contributed by atoms with Crippen molar-refractivity contribution in [2.45, 2.75) is 32.4 Å². The first kappa shape index (κ1) is 18.9. The zero-order valence-electron chi connectivity index (χ0n) is 15.9. The molecule has 1 fully saturated rings. The van der Waals surface area contributed by atoms with Crippen molar-refractivity contribution in [1.29, 1.82) is 0 Å². The van der Waals surface area contributed by atoms with E-state index < -0.39 is 0 Å². The molecule has 0 bridgehead atoms. The van der Waals surface area contributed by atoms with E-state index in [1.165, 1.54) is 40.7 Å².